The van der Waals surface area contributed by atoms with Gasteiger partial charge in [-0.05, 0) is 18.9 Å². The molecule has 1 aliphatic rings. The number of benzene rings is 1. The Morgan fingerprint density at radius 2 is 2.20 bits per heavy atom. The highest BCUT2D eigenvalue weighted by Gasteiger charge is 2.26. The lowest BCUT2D eigenvalue weighted by atomic mass is 10.1. The molecule has 1 aromatic carbocycles. The average molecular weight is 341 g/mol. The lowest BCUT2D eigenvalue weighted by Gasteiger charge is -2.28. The van der Waals surface area contributed by atoms with E-state index in [9.17, 15) is 14.9 Å². The minimum Gasteiger partial charge on any atom is -0.335 e. The van der Waals surface area contributed by atoms with Crippen LogP contribution in [0.3, 0.4) is 0 Å². The maximum absolute atomic E-state index is 12.6. The Kier molecular flexibility index (Phi) is 5.11. The second-order valence-corrected chi connectivity index (χ2v) is 5.61. The van der Waals surface area contributed by atoms with E-state index in [1.807, 2.05) is 4.90 Å². The van der Waals surface area contributed by atoms with Crippen molar-refractivity contribution in [2.24, 2.45) is 0 Å². The molecule has 0 spiro atoms. The Morgan fingerprint density at radius 3 is 2.90 bits per heavy atom. The summed E-state index contributed by atoms with van der Waals surface area (Å²) >= 11 is 3.46. The van der Waals surface area contributed by atoms with Gasteiger partial charge >= 0.3 is 0 Å². The molecule has 1 aliphatic heterocycles. The quantitative estimate of drug-likeness (QED) is 0.481. The summed E-state index contributed by atoms with van der Waals surface area (Å²) in [5, 5.41) is 11.5. The van der Waals surface area contributed by atoms with Crippen molar-refractivity contribution < 1.29 is 9.72 Å². The highest BCUT2D eigenvalue weighted by atomic mass is 79.9. The minimum absolute atomic E-state index is 0.0407. The van der Waals surface area contributed by atoms with Gasteiger partial charge in [-0.1, -0.05) is 34.8 Å². The smallest absolute Gasteiger partial charge is 0.270 e. The fourth-order valence-corrected chi connectivity index (χ4v) is 3.20. The molecule has 6 heteroatoms. The van der Waals surface area contributed by atoms with Crippen LogP contribution < -0.4 is 0 Å². The number of hydrogen-bond acceptors (Lipinski definition) is 3. The molecule has 2 rings (SSSR count). The Balaban J connectivity index is 2.24. The lowest BCUT2D eigenvalue weighted by molar-refractivity contribution is -0.384. The zero-order valence-corrected chi connectivity index (χ0v) is 12.7. The monoisotopic (exact) mass is 340 g/mol. The first-order chi connectivity index (χ1) is 9.63. The number of nitro groups is 1. The van der Waals surface area contributed by atoms with Crippen LogP contribution in [0.15, 0.2) is 24.3 Å². The SMILES string of the molecule is O=C(c1cccc([N+](=O)[O-])c1)N1CCCCCC1CBr. The molecule has 0 aliphatic carbocycles. The molecule has 1 saturated heterocycles. The molecule has 0 N–H and O–H groups in total. The zero-order valence-electron chi connectivity index (χ0n) is 11.1. The molecule has 0 aromatic heterocycles. The van der Waals surface area contributed by atoms with E-state index in [1.54, 1.807) is 12.1 Å². The Hall–Kier alpha value is -1.43. The number of amides is 1. The standard InChI is InChI=1S/C14H17BrN2O3/c15-10-13-6-2-1-3-8-16(13)14(18)11-5-4-7-12(9-11)17(19)20/h4-5,7,9,13H,1-3,6,8,10H2. The number of alkyl halides is 1. The van der Waals surface area contributed by atoms with Crippen LogP contribution in [-0.2, 0) is 0 Å². The Morgan fingerprint density at radius 1 is 1.40 bits per heavy atom. The van der Waals surface area contributed by atoms with Gasteiger partial charge < -0.3 is 4.90 Å². The second-order valence-electron chi connectivity index (χ2n) is 4.96. The van der Waals surface area contributed by atoms with Crippen molar-refractivity contribution in [1.82, 2.24) is 4.90 Å². The van der Waals surface area contributed by atoms with E-state index in [0.717, 1.165) is 37.6 Å². The number of rotatable bonds is 3. The van der Waals surface area contributed by atoms with Crippen LogP contribution in [-0.4, -0.2) is 33.6 Å². The summed E-state index contributed by atoms with van der Waals surface area (Å²) in [6, 6.07) is 6.14. The number of nitrogens with zero attached hydrogens (tertiary/aromatic N) is 2. The van der Waals surface area contributed by atoms with Gasteiger partial charge in [0.15, 0.2) is 0 Å². The molecular weight excluding hydrogens is 324 g/mol. The molecule has 108 valence electrons. The van der Waals surface area contributed by atoms with Gasteiger partial charge in [-0.3, -0.25) is 14.9 Å². The number of non-ortho nitro benzene ring substituents is 1. The number of carbonyl (C=O) groups is 1. The summed E-state index contributed by atoms with van der Waals surface area (Å²) in [7, 11) is 0. The number of carbonyl (C=O) groups excluding carboxylic acids is 1. The summed E-state index contributed by atoms with van der Waals surface area (Å²) in [5.41, 5.74) is 0.355. The van der Waals surface area contributed by atoms with Gasteiger partial charge in [-0.15, -0.1) is 0 Å². The van der Waals surface area contributed by atoms with Crippen molar-refractivity contribution in [3.63, 3.8) is 0 Å². The highest BCUT2D eigenvalue weighted by molar-refractivity contribution is 9.09. The van der Waals surface area contributed by atoms with Gasteiger partial charge in [-0.2, -0.15) is 0 Å². The second kappa shape index (κ2) is 6.83. The topological polar surface area (TPSA) is 63.4 Å². The number of hydrogen-bond donors (Lipinski definition) is 0. The van der Waals surface area contributed by atoms with Crippen molar-refractivity contribution >= 4 is 27.5 Å². The lowest BCUT2D eigenvalue weighted by Crippen LogP contribution is -2.41. The third kappa shape index (κ3) is 3.36. The molecular formula is C14H17BrN2O3. The van der Waals surface area contributed by atoms with E-state index in [4.69, 9.17) is 0 Å². The van der Waals surface area contributed by atoms with Gasteiger partial charge in [0.05, 0.1) is 4.92 Å². The van der Waals surface area contributed by atoms with Gasteiger partial charge in [0.25, 0.3) is 11.6 Å². The molecule has 1 unspecified atom stereocenters. The third-order valence-corrected chi connectivity index (χ3v) is 4.37. The largest absolute Gasteiger partial charge is 0.335 e. The maximum atomic E-state index is 12.6. The third-order valence-electron chi connectivity index (χ3n) is 3.62. The summed E-state index contributed by atoms with van der Waals surface area (Å²) in [4.78, 5) is 24.8. The summed E-state index contributed by atoms with van der Waals surface area (Å²) in [6.45, 7) is 0.720. The van der Waals surface area contributed by atoms with Gasteiger partial charge in [-0.25, -0.2) is 0 Å². The van der Waals surface area contributed by atoms with Crippen LogP contribution in [0.2, 0.25) is 0 Å². The fraction of sp³-hybridized carbons (Fsp3) is 0.500. The molecule has 5 nitrogen and oxygen atoms in total. The normalized spacial score (nSPS) is 19.4. The summed E-state index contributed by atoms with van der Waals surface area (Å²) < 4.78 is 0. The first-order valence-corrected chi connectivity index (χ1v) is 7.87. The number of nitro benzene ring substituents is 1. The minimum atomic E-state index is -0.471. The van der Waals surface area contributed by atoms with E-state index in [1.165, 1.54) is 12.1 Å². The summed E-state index contributed by atoms with van der Waals surface area (Å²) in [6.07, 6.45) is 4.22. The van der Waals surface area contributed by atoms with E-state index in [-0.39, 0.29) is 17.6 Å². The highest BCUT2D eigenvalue weighted by Crippen LogP contribution is 2.22. The Labute approximate surface area is 126 Å². The first kappa shape index (κ1) is 15.0. The van der Waals surface area contributed by atoms with Crippen LogP contribution in [0, 0.1) is 10.1 Å². The summed E-state index contributed by atoms with van der Waals surface area (Å²) in [5.74, 6) is -0.111. The van der Waals surface area contributed by atoms with Crippen LogP contribution in [0.5, 0.6) is 0 Å². The number of halogens is 1. The van der Waals surface area contributed by atoms with Crippen LogP contribution >= 0.6 is 15.9 Å². The van der Waals surface area contributed by atoms with E-state index in [0.29, 0.717) is 5.56 Å². The predicted octanol–water partition coefficient (Wildman–Crippen LogP) is 3.37. The van der Waals surface area contributed by atoms with Crippen molar-refractivity contribution in [3.8, 4) is 0 Å². The van der Waals surface area contributed by atoms with E-state index < -0.39 is 4.92 Å². The van der Waals surface area contributed by atoms with Crippen molar-refractivity contribution in [2.75, 3.05) is 11.9 Å². The maximum Gasteiger partial charge on any atom is 0.270 e. The van der Waals surface area contributed by atoms with Gasteiger partial charge in [0, 0.05) is 35.6 Å². The fourth-order valence-electron chi connectivity index (χ4n) is 2.52. The molecule has 1 aromatic rings. The van der Waals surface area contributed by atoms with E-state index >= 15 is 0 Å². The average Bonchev–Trinajstić information content (AvgIpc) is 2.71. The molecule has 1 fully saturated rings. The molecule has 1 heterocycles. The van der Waals surface area contributed by atoms with Crippen LogP contribution in [0.4, 0.5) is 5.69 Å². The number of likely N-dealkylation sites (tertiary alicyclic amines) is 1. The predicted molar refractivity (Wildman–Crippen MR) is 80.2 cm³/mol. The first-order valence-electron chi connectivity index (χ1n) is 6.75. The van der Waals surface area contributed by atoms with E-state index in [2.05, 4.69) is 15.9 Å². The molecule has 0 radical (unpaired) electrons. The van der Waals surface area contributed by atoms with Gasteiger partial charge in [0.1, 0.15) is 0 Å². The zero-order chi connectivity index (χ0) is 14.5. The van der Waals surface area contributed by atoms with Crippen molar-refractivity contribution in [3.05, 3.63) is 39.9 Å². The molecule has 20 heavy (non-hydrogen) atoms. The molecule has 0 saturated carbocycles. The van der Waals surface area contributed by atoms with Crippen molar-refractivity contribution in [2.45, 2.75) is 31.7 Å². The van der Waals surface area contributed by atoms with Gasteiger partial charge in [0.2, 0.25) is 0 Å². The molecule has 1 atom stereocenters. The Bertz CT molecular complexity index is 507. The van der Waals surface area contributed by atoms with Crippen LogP contribution in [0.1, 0.15) is 36.0 Å². The molecule has 0 bridgehead atoms. The molecule has 1 amide bonds. The van der Waals surface area contributed by atoms with Crippen LogP contribution in [0.25, 0.3) is 0 Å². The van der Waals surface area contributed by atoms with Crippen molar-refractivity contribution in [1.29, 1.82) is 0 Å².